The van der Waals surface area contributed by atoms with Gasteiger partial charge in [0.1, 0.15) is 5.78 Å². The normalized spacial score (nSPS) is 50.9. The molecule has 0 aromatic carbocycles. The molecule has 2 spiro atoms. The predicted octanol–water partition coefficient (Wildman–Crippen LogP) is 8.15. The first kappa shape index (κ1) is 22.0. The van der Waals surface area contributed by atoms with Gasteiger partial charge in [-0.1, -0.05) is 58.9 Å². The van der Waals surface area contributed by atoms with E-state index < -0.39 is 0 Å². The minimum atomic E-state index is -0.0866. The van der Waals surface area contributed by atoms with Crippen molar-refractivity contribution in [3.63, 3.8) is 0 Å². The predicted molar refractivity (Wildman–Crippen MR) is 130 cm³/mol. The van der Waals surface area contributed by atoms with Gasteiger partial charge in [-0.15, -0.1) is 0 Å². The molecule has 0 N–H and O–H groups in total. The van der Waals surface area contributed by atoms with Gasteiger partial charge >= 0.3 is 0 Å². The number of allylic oxidation sites excluding steroid dienone is 3. The molecule has 0 aromatic heterocycles. The fourth-order valence-electron chi connectivity index (χ4n) is 10.8. The highest BCUT2D eigenvalue weighted by molar-refractivity contribution is 5.86. The third kappa shape index (κ3) is 2.59. The summed E-state index contributed by atoms with van der Waals surface area (Å²) in [6.45, 7) is 18.6. The van der Waals surface area contributed by atoms with Gasteiger partial charge in [-0.05, 0) is 110 Å². The minimum absolute atomic E-state index is 0.0866. The third-order valence-corrected chi connectivity index (χ3v) is 12.5. The Morgan fingerprint density at radius 2 is 1.68 bits per heavy atom. The molecule has 5 saturated carbocycles. The van der Waals surface area contributed by atoms with Crippen molar-refractivity contribution in [2.24, 2.45) is 50.7 Å². The summed E-state index contributed by atoms with van der Waals surface area (Å²) in [7, 11) is 0. The Kier molecular flexibility index (Phi) is 4.68. The SMILES string of the molecule is C=C(C)C=CCC(C)C1CCC2(C)C3CCC4C(C)(C)C(=O)CCC45CC35CCC12C. The summed E-state index contributed by atoms with van der Waals surface area (Å²) in [5.41, 5.74) is 3.12. The van der Waals surface area contributed by atoms with E-state index in [1.54, 1.807) is 0 Å². The first-order valence-electron chi connectivity index (χ1n) is 13.3. The number of hydrogen-bond acceptors (Lipinski definition) is 1. The standard InChI is InChI=1S/C30H46O/c1-20(2)9-8-10-21(3)22-13-15-28(7)24-12-11-23-26(4,5)25(31)14-16-29(23)19-30(24,29)18-17-27(22,28)6/h8-9,21-24H,1,10-19H2,2-7H3. The van der Waals surface area contributed by atoms with E-state index in [0.717, 1.165) is 24.2 Å². The average molecular weight is 423 g/mol. The molecule has 0 heterocycles. The van der Waals surface area contributed by atoms with Crippen LogP contribution in [0.15, 0.2) is 24.3 Å². The molecule has 0 aromatic rings. The summed E-state index contributed by atoms with van der Waals surface area (Å²) in [5, 5.41) is 0. The maximum Gasteiger partial charge on any atom is 0.138 e. The highest BCUT2D eigenvalue weighted by Crippen LogP contribution is 2.88. The zero-order valence-electron chi connectivity index (χ0n) is 21.2. The zero-order chi connectivity index (χ0) is 22.4. The van der Waals surface area contributed by atoms with Crippen molar-refractivity contribution in [2.45, 2.75) is 106 Å². The summed E-state index contributed by atoms with van der Waals surface area (Å²) in [5.74, 6) is 3.69. The third-order valence-electron chi connectivity index (χ3n) is 12.5. The first-order valence-corrected chi connectivity index (χ1v) is 13.3. The van der Waals surface area contributed by atoms with Crippen LogP contribution in [-0.2, 0) is 4.79 Å². The van der Waals surface area contributed by atoms with Gasteiger partial charge in [-0.2, -0.15) is 0 Å². The van der Waals surface area contributed by atoms with Crippen molar-refractivity contribution in [2.75, 3.05) is 0 Å². The summed E-state index contributed by atoms with van der Waals surface area (Å²) in [6, 6.07) is 0. The Bertz CT molecular complexity index is 833. The van der Waals surface area contributed by atoms with Gasteiger partial charge < -0.3 is 0 Å². The molecule has 8 atom stereocenters. The topological polar surface area (TPSA) is 17.1 Å². The maximum absolute atomic E-state index is 12.8. The van der Waals surface area contributed by atoms with Gasteiger partial charge in [0, 0.05) is 11.8 Å². The molecule has 0 aliphatic heterocycles. The Morgan fingerprint density at radius 3 is 2.39 bits per heavy atom. The van der Waals surface area contributed by atoms with E-state index >= 15 is 0 Å². The Balaban J connectivity index is 1.43. The van der Waals surface area contributed by atoms with E-state index in [2.05, 4.69) is 60.3 Å². The van der Waals surface area contributed by atoms with E-state index in [-0.39, 0.29) is 5.41 Å². The fourth-order valence-corrected chi connectivity index (χ4v) is 10.8. The number of rotatable bonds is 4. The van der Waals surface area contributed by atoms with Crippen LogP contribution in [0.5, 0.6) is 0 Å². The number of fused-ring (bicyclic) bond motifs is 2. The summed E-state index contributed by atoms with van der Waals surface area (Å²) in [6.07, 6.45) is 17.7. The van der Waals surface area contributed by atoms with Crippen LogP contribution in [0.4, 0.5) is 0 Å². The molecular weight excluding hydrogens is 376 g/mol. The van der Waals surface area contributed by atoms with E-state index in [1.165, 1.54) is 63.4 Å². The zero-order valence-corrected chi connectivity index (χ0v) is 21.2. The van der Waals surface area contributed by atoms with Crippen molar-refractivity contribution in [1.29, 1.82) is 0 Å². The molecule has 1 heteroatoms. The van der Waals surface area contributed by atoms with Crippen LogP contribution in [0.1, 0.15) is 106 Å². The molecule has 5 aliphatic rings. The second-order valence-corrected chi connectivity index (χ2v) is 13.8. The molecule has 0 bridgehead atoms. The Labute approximate surface area is 191 Å². The molecule has 0 saturated heterocycles. The van der Waals surface area contributed by atoms with E-state index in [9.17, 15) is 4.79 Å². The number of carbonyl (C=O) groups excluding carboxylic acids is 1. The largest absolute Gasteiger partial charge is 0.299 e. The number of ketones is 1. The average Bonchev–Trinajstić information content (AvgIpc) is 3.27. The molecule has 1 nitrogen and oxygen atoms in total. The van der Waals surface area contributed by atoms with Crippen molar-refractivity contribution >= 4 is 5.78 Å². The summed E-state index contributed by atoms with van der Waals surface area (Å²) in [4.78, 5) is 12.8. The second-order valence-electron chi connectivity index (χ2n) is 13.8. The van der Waals surface area contributed by atoms with Crippen LogP contribution in [0, 0.1) is 50.7 Å². The maximum atomic E-state index is 12.8. The quantitative estimate of drug-likeness (QED) is 0.418. The van der Waals surface area contributed by atoms with Gasteiger partial charge in [-0.3, -0.25) is 4.79 Å². The summed E-state index contributed by atoms with van der Waals surface area (Å²) >= 11 is 0. The van der Waals surface area contributed by atoms with Crippen molar-refractivity contribution in [3.05, 3.63) is 24.3 Å². The van der Waals surface area contributed by atoms with Crippen LogP contribution in [-0.4, -0.2) is 5.78 Å². The van der Waals surface area contributed by atoms with Crippen molar-refractivity contribution in [3.8, 4) is 0 Å². The van der Waals surface area contributed by atoms with Gasteiger partial charge in [-0.25, -0.2) is 0 Å². The lowest BCUT2D eigenvalue weighted by atomic mass is 9.42. The fraction of sp³-hybridized carbons (Fsp3) is 0.833. The molecule has 172 valence electrons. The monoisotopic (exact) mass is 422 g/mol. The van der Waals surface area contributed by atoms with Crippen molar-refractivity contribution < 1.29 is 4.79 Å². The van der Waals surface area contributed by atoms with Crippen LogP contribution < -0.4 is 0 Å². The van der Waals surface area contributed by atoms with Crippen LogP contribution in [0.25, 0.3) is 0 Å². The summed E-state index contributed by atoms with van der Waals surface area (Å²) < 4.78 is 0. The number of hydrogen-bond donors (Lipinski definition) is 0. The second kappa shape index (κ2) is 6.60. The highest BCUT2D eigenvalue weighted by Gasteiger charge is 2.82. The number of Topliss-reactive ketones (excluding diaryl/α,β-unsaturated/α-hetero) is 1. The van der Waals surface area contributed by atoms with Gasteiger partial charge in [0.05, 0.1) is 0 Å². The van der Waals surface area contributed by atoms with Crippen LogP contribution in [0.2, 0.25) is 0 Å². The smallest absolute Gasteiger partial charge is 0.138 e. The van der Waals surface area contributed by atoms with Gasteiger partial charge in [0.25, 0.3) is 0 Å². The molecular formula is C30H46O. The molecule has 8 unspecified atom stereocenters. The van der Waals surface area contributed by atoms with Gasteiger partial charge in [0.2, 0.25) is 0 Å². The molecule has 5 fully saturated rings. The lowest BCUT2D eigenvalue weighted by Crippen LogP contribution is -2.57. The Morgan fingerprint density at radius 1 is 1.00 bits per heavy atom. The van der Waals surface area contributed by atoms with Crippen molar-refractivity contribution in [1.82, 2.24) is 0 Å². The molecule has 5 rings (SSSR count). The molecule has 31 heavy (non-hydrogen) atoms. The van der Waals surface area contributed by atoms with Gasteiger partial charge in [0.15, 0.2) is 0 Å². The Hall–Kier alpha value is -0.850. The molecule has 5 aliphatic carbocycles. The lowest BCUT2D eigenvalue weighted by molar-refractivity contribution is -0.156. The van der Waals surface area contributed by atoms with E-state index in [4.69, 9.17) is 0 Å². The lowest BCUT2D eigenvalue weighted by Gasteiger charge is -2.62. The molecule has 0 radical (unpaired) electrons. The minimum Gasteiger partial charge on any atom is -0.299 e. The van der Waals surface area contributed by atoms with Crippen LogP contribution in [0.3, 0.4) is 0 Å². The first-order chi connectivity index (χ1) is 14.4. The number of carbonyl (C=O) groups is 1. The highest BCUT2D eigenvalue weighted by atomic mass is 16.1. The van der Waals surface area contributed by atoms with E-state index in [0.29, 0.717) is 33.4 Å². The van der Waals surface area contributed by atoms with E-state index in [1.807, 2.05) is 0 Å². The molecule has 0 amide bonds. The van der Waals surface area contributed by atoms with Crippen LogP contribution >= 0.6 is 0 Å².